The van der Waals surface area contributed by atoms with Crippen molar-refractivity contribution in [2.24, 2.45) is 0 Å². The average molecular weight is 329 g/mol. The predicted octanol–water partition coefficient (Wildman–Crippen LogP) is 3.98. The molecule has 0 spiro atoms. The Morgan fingerprint density at radius 3 is 1.96 bits per heavy atom. The summed E-state index contributed by atoms with van der Waals surface area (Å²) in [5, 5.41) is 0. The molecule has 0 saturated heterocycles. The first-order valence-electron chi connectivity index (χ1n) is 7.94. The van der Waals surface area contributed by atoms with Crippen LogP contribution in [0.2, 0.25) is 0 Å². The van der Waals surface area contributed by atoms with E-state index in [0.29, 0.717) is 11.4 Å². The van der Waals surface area contributed by atoms with Gasteiger partial charge < -0.3 is 0 Å². The van der Waals surface area contributed by atoms with Crippen molar-refractivity contribution in [1.29, 1.82) is 0 Å². The van der Waals surface area contributed by atoms with Gasteiger partial charge in [0.1, 0.15) is 0 Å². The van der Waals surface area contributed by atoms with Crippen LogP contribution in [0, 0.1) is 34.6 Å². The third-order valence-electron chi connectivity index (χ3n) is 5.32. The summed E-state index contributed by atoms with van der Waals surface area (Å²) in [6.45, 7) is 10.4. The third-order valence-corrected chi connectivity index (χ3v) is 7.41. The van der Waals surface area contributed by atoms with Gasteiger partial charge in [0, 0.05) is 6.54 Å². The van der Waals surface area contributed by atoms with E-state index in [1.165, 1.54) is 5.56 Å². The normalized spacial score (nSPS) is 14.2. The number of fused-ring (bicyclic) bond motifs is 1. The minimum atomic E-state index is -3.54. The Bertz CT molecular complexity index is 869. The van der Waals surface area contributed by atoms with Crippen molar-refractivity contribution in [1.82, 2.24) is 0 Å². The highest BCUT2D eigenvalue weighted by atomic mass is 32.2. The van der Waals surface area contributed by atoms with Crippen LogP contribution in [0.5, 0.6) is 0 Å². The van der Waals surface area contributed by atoms with Crippen LogP contribution in [0.3, 0.4) is 0 Å². The molecule has 0 aromatic heterocycles. The number of sulfonamides is 1. The molecule has 0 atom stereocenters. The van der Waals surface area contributed by atoms with Crippen LogP contribution < -0.4 is 4.31 Å². The highest BCUT2D eigenvalue weighted by Crippen LogP contribution is 2.37. The Labute approximate surface area is 139 Å². The second-order valence-corrected chi connectivity index (χ2v) is 8.21. The van der Waals surface area contributed by atoms with Crippen LogP contribution >= 0.6 is 0 Å². The topological polar surface area (TPSA) is 37.4 Å². The van der Waals surface area contributed by atoms with Gasteiger partial charge in [-0.3, -0.25) is 4.31 Å². The highest BCUT2D eigenvalue weighted by Gasteiger charge is 2.33. The fraction of sp³-hybridized carbons (Fsp3) is 0.368. The molecular formula is C19H23NO2S. The van der Waals surface area contributed by atoms with Crippen molar-refractivity contribution in [3.05, 3.63) is 57.6 Å². The Morgan fingerprint density at radius 2 is 1.35 bits per heavy atom. The molecule has 1 heterocycles. The monoisotopic (exact) mass is 329 g/mol. The molecule has 122 valence electrons. The lowest BCUT2D eigenvalue weighted by Gasteiger charge is -2.25. The summed E-state index contributed by atoms with van der Waals surface area (Å²) in [7, 11) is -3.54. The van der Waals surface area contributed by atoms with Gasteiger partial charge in [0.25, 0.3) is 10.0 Å². The first-order valence-corrected chi connectivity index (χ1v) is 9.38. The Hall–Kier alpha value is -1.81. The Balaban J connectivity index is 2.24. The summed E-state index contributed by atoms with van der Waals surface area (Å²) < 4.78 is 28.3. The zero-order valence-corrected chi connectivity index (χ0v) is 15.2. The quantitative estimate of drug-likeness (QED) is 0.836. The van der Waals surface area contributed by atoms with Crippen molar-refractivity contribution < 1.29 is 8.42 Å². The maximum Gasteiger partial charge on any atom is 0.264 e. The summed E-state index contributed by atoms with van der Waals surface area (Å²) >= 11 is 0. The minimum Gasteiger partial charge on any atom is -0.266 e. The van der Waals surface area contributed by atoms with Crippen molar-refractivity contribution >= 4 is 15.7 Å². The van der Waals surface area contributed by atoms with Crippen LogP contribution in [-0.4, -0.2) is 15.0 Å². The molecule has 0 unspecified atom stereocenters. The van der Waals surface area contributed by atoms with Crippen molar-refractivity contribution in [2.75, 3.05) is 10.8 Å². The van der Waals surface area contributed by atoms with Gasteiger partial charge in [-0.05, 0) is 80.5 Å². The van der Waals surface area contributed by atoms with E-state index in [1.54, 1.807) is 4.31 Å². The molecule has 1 aliphatic heterocycles. The zero-order chi connectivity index (χ0) is 16.9. The first kappa shape index (κ1) is 16.1. The van der Waals surface area contributed by atoms with Gasteiger partial charge in [-0.15, -0.1) is 0 Å². The van der Waals surface area contributed by atoms with E-state index in [-0.39, 0.29) is 0 Å². The van der Waals surface area contributed by atoms with Gasteiger partial charge in [0.05, 0.1) is 10.6 Å². The maximum atomic E-state index is 13.4. The highest BCUT2D eigenvalue weighted by molar-refractivity contribution is 7.93. The zero-order valence-electron chi connectivity index (χ0n) is 14.4. The molecule has 2 aromatic rings. The lowest BCUT2D eigenvalue weighted by atomic mass is 9.95. The molecule has 3 rings (SSSR count). The number of hydrogen-bond donors (Lipinski definition) is 0. The largest absolute Gasteiger partial charge is 0.266 e. The number of nitrogens with zero attached hydrogens (tertiary/aromatic N) is 1. The van der Waals surface area contributed by atoms with Gasteiger partial charge in [0.2, 0.25) is 0 Å². The van der Waals surface area contributed by atoms with Crippen LogP contribution in [-0.2, 0) is 16.4 Å². The van der Waals surface area contributed by atoms with E-state index >= 15 is 0 Å². The third kappa shape index (κ3) is 2.27. The average Bonchev–Trinajstić information content (AvgIpc) is 2.96. The van der Waals surface area contributed by atoms with E-state index in [9.17, 15) is 8.42 Å². The van der Waals surface area contributed by atoms with Gasteiger partial charge in [-0.2, -0.15) is 0 Å². The van der Waals surface area contributed by atoms with Crippen molar-refractivity contribution in [3.63, 3.8) is 0 Å². The summed E-state index contributed by atoms with van der Waals surface area (Å²) in [5.74, 6) is 0. The SMILES string of the molecule is Cc1c(C)c(C)c(S(=O)(=O)N2CCc3ccccc32)c(C)c1C. The standard InChI is InChI=1S/C19H23NO2S/c1-12-13(2)15(4)19(16(5)14(12)3)23(21,22)20-11-10-17-8-6-7-9-18(17)20/h6-9H,10-11H2,1-5H3. The van der Waals surface area contributed by atoms with E-state index in [2.05, 4.69) is 6.92 Å². The second kappa shape index (κ2) is 5.38. The molecule has 0 fully saturated rings. The molecule has 3 nitrogen and oxygen atoms in total. The predicted molar refractivity (Wildman–Crippen MR) is 94.8 cm³/mol. The summed E-state index contributed by atoms with van der Waals surface area (Å²) in [5.41, 5.74) is 6.98. The lowest BCUT2D eigenvalue weighted by molar-refractivity contribution is 0.590. The van der Waals surface area contributed by atoms with Crippen LogP contribution in [0.15, 0.2) is 29.2 Å². The van der Waals surface area contributed by atoms with Crippen LogP contribution in [0.4, 0.5) is 5.69 Å². The van der Waals surface area contributed by atoms with Gasteiger partial charge >= 0.3 is 0 Å². The summed E-state index contributed by atoms with van der Waals surface area (Å²) in [4.78, 5) is 0.481. The molecule has 4 heteroatoms. The van der Waals surface area contributed by atoms with E-state index in [0.717, 1.165) is 39.9 Å². The first-order chi connectivity index (χ1) is 10.8. The van der Waals surface area contributed by atoms with Gasteiger partial charge in [-0.1, -0.05) is 18.2 Å². The fourth-order valence-electron chi connectivity index (χ4n) is 3.52. The fourth-order valence-corrected chi connectivity index (χ4v) is 5.59. The Morgan fingerprint density at radius 1 is 0.826 bits per heavy atom. The molecule has 0 bridgehead atoms. The molecule has 0 radical (unpaired) electrons. The molecule has 0 amide bonds. The molecule has 23 heavy (non-hydrogen) atoms. The van der Waals surface area contributed by atoms with Crippen molar-refractivity contribution in [3.8, 4) is 0 Å². The number of anilines is 1. The van der Waals surface area contributed by atoms with Gasteiger partial charge in [0.15, 0.2) is 0 Å². The molecule has 0 aliphatic carbocycles. The summed E-state index contributed by atoms with van der Waals surface area (Å²) in [6.07, 6.45) is 0.775. The van der Waals surface area contributed by atoms with Gasteiger partial charge in [-0.25, -0.2) is 8.42 Å². The maximum absolute atomic E-state index is 13.4. The molecule has 0 saturated carbocycles. The number of para-hydroxylation sites is 1. The molecule has 1 aliphatic rings. The van der Waals surface area contributed by atoms with Crippen LogP contribution in [0.25, 0.3) is 0 Å². The molecular weight excluding hydrogens is 306 g/mol. The molecule has 0 N–H and O–H groups in total. The Kier molecular flexibility index (Phi) is 3.75. The van der Waals surface area contributed by atoms with E-state index < -0.39 is 10.0 Å². The second-order valence-electron chi connectivity index (χ2n) is 6.41. The lowest BCUT2D eigenvalue weighted by Crippen LogP contribution is -2.30. The number of rotatable bonds is 2. The van der Waals surface area contributed by atoms with Crippen molar-refractivity contribution in [2.45, 2.75) is 45.9 Å². The smallest absolute Gasteiger partial charge is 0.264 e. The molecule has 2 aromatic carbocycles. The minimum absolute atomic E-state index is 0.481. The summed E-state index contributed by atoms with van der Waals surface area (Å²) in [6, 6.07) is 7.78. The number of hydrogen-bond acceptors (Lipinski definition) is 2. The van der Waals surface area contributed by atoms with Crippen LogP contribution in [0.1, 0.15) is 33.4 Å². The van der Waals surface area contributed by atoms with E-state index in [1.807, 2.05) is 52.0 Å². The van der Waals surface area contributed by atoms with E-state index in [4.69, 9.17) is 0 Å². The number of benzene rings is 2.